The van der Waals surface area contributed by atoms with Gasteiger partial charge in [-0.1, -0.05) is 6.92 Å². The predicted octanol–water partition coefficient (Wildman–Crippen LogP) is 5.70. The summed E-state index contributed by atoms with van der Waals surface area (Å²) in [6.07, 6.45) is -1.31. The molecule has 3 saturated heterocycles. The first-order valence-electron chi connectivity index (χ1n) is 19.8. The summed E-state index contributed by atoms with van der Waals surface area (Å²) in [5.41, 5.74) is 1.27. The van der Waals surface area contributed by atoms with Gasteiger partial charge in [0.1, 0.15) is 25.5 Å². The third-order valence-electron chi connectivity index (χ3n) is 11.7. The van der Waals surface area contributed by atoms with E-state index in [0.717, 1.165) is 0 Å². The molecule has 0 unspecified atom stereocenters. The zero-order valence-electron chi connectivity index (χ0n) is 33.5. The van der Waals surface area contributed by atoms with E-state index in [2.05, 4.69) is 0 Å². The molecule has 0 radical (unpaired) electrons. The molecule has 0 aliphatic carbocycles. The Bertz CT molecular complexity index is 2290. The summed E-state index contributed by atoms with van der Waals surface area (Å²) < 4.78 is 16.9. The highest BCUT2D eigenvalue weighted by Gasteiger charge is 2.61. The van der Waals surface area contributed by atoms with E-state index >= 15 is 0 Å². The van der Waals surface area contributed by atoms with Crippen molar-refractivity contribution in [3.63, 3.8) is 0 Å². The van der Waals surface area contributed by atoms with E-state index in [4.69, 9.17) is 14.2 Å². The lowest BCUT2D eigenvalue weighted by molar-refractivity contribution is -0.385. The number of nitro groups is 3. The van der Waals surface area contributed by atoms with Gasteiger partial charge in [-0.3, -0.25) is 35.1 Å². The molecule has 3 amide bonds. The number of β-lactam (4-membered cyclic amide) rings is 1. The molecule has 4 aliphatic rings. The number of non-ortho nitro benzene ring substituents is 3. The number of thioether (sulfide) groups is 1. The van der Waals surface area contributed by atoms with Gasteiger partial charge in [-0.15, -0.1) is 11.8 Å². The van der Waals surface area contributed by atoms with E-state index in [0.29, 0.717) is 41.0 Å². The Kier molecular flexibility index (Phi) is 12.7. The number of amides is 3. The Morgan fingerprint density at radius 1 is 0.774 bits per heavy atom. The summed E-state index contributed by atoms with van der Waals surface area (Å²) in [4.78, 5) is 91.2. The molecule has 3 aromatic rings. The van der Waals surface area contributed by atoms with Crippen LogP contribution < -0.4 is 0 Å². The van der Waals surface area contributed by atoms with Crippen molar-refractivity contribution in [1.29, 1.82) is 0 Å². The van der Waals surface area contributed by atoms with Gasteiger partial charge in [-0.05, 0) is 78.8 Å². The second-order valence-corrected chi connectivity index (χ2v) is 17.0. The van der Waals surface area contributed by atoms with Crippen LogP contribution in [0, 0.1) is 48.1 Å². The summed E-state index contributed by atoms with van der Waals surface area (Å²) in [5.74, 6) is -2.59. The van der Waals surface area contributed by atoms with Crippen molar-refractivity contribution in [1.82, 2.24) is 14.7 Å². The van der Waals surface area contributed by atoms with Crippen molar-refractivity contribution >= 4 is 52.9 Å². The average Bonchev–Trinajstić information content (AvgIpc) is 3.97. The van der Waals surface area contributed by atoms with Crippen LogP contribution >= 0.6 is 11.8 Å². The number of likely N-dealkylation sites (tertiary alicyclic amines) is 2. The van der Waals surface area contributed by atoms with Crippen LogP contribution in [0.3, 0.4) is 0 Å². The van der Waals surface area contributed by atoms with Crippen molar-refractivity contribution < 1.29 is 53.3 Å². The molecular weight excluding hydrogens is 833 g/mol. The zero-order valence-corrected chi connectivity index (χ0v) is 34.3. The first-order chi connectivity index (χ1) is 29.6. The molecule has 20 nitrogen and oxygen atoms in total. The molecule has 0 aromatic heterocycles. The van der Waals surface area contributed by atoms with Crippen LogP contribution in [0.1, 0.15) is 43.4 Å². The number of benzene rings is 3. The number of esters is 1. The Hall–Kier alpha value is -6.61. The number of nitro benzene ring substituents is 3. The SMILES string of the molecule is C[C@@H](O)[C@H]1C(=O)N2C(C(=O)OCc3ccc([N+](=O)[O-])cc3)=C(S[C@H]3C[C@@H]([C@@H]4CCN(C(=O)OCc5ccc([N+](=O)[O-])cc5)C4)N(C(=O)OCc4ccc([N+](=O)[O-])cc4)C3)[C@H](C)[C@H]12. The molecule has 7 rings (SSSR count). The number of nitrogens with zero attached hydrogens (tertiary/aromatic N) is 6. The van der Waals surface area contributed by atoms with E-state index in [1.807, 2.05) is 6.92 Å². The van der Waals surface area contributed by atoms with E-state index in [-0.39, 0.29) is 66.8 Å². The number of hydrogen-bond acceptors (Lipinski definition) is 15. The summed E-state index contributed by atoms with van der Waals surface area (Å²) >= 11 is 1.34. The van der Waals surface area contributed by atoms with Gasteiger partial charge in [0.15, 0.2) is 0 Å². The molecule has 1 N–H and O–H groups in total. The highest BCUT2D eigenvalue weighted by atomic mass is 32.2. The van der Waals surface area contributed by atoms with Crippen molar-refractivity contribution in [3.8, 4) is 0 Å². The number of aliphatic hydroxyl groups is 1. The van der Waals surface area contributed by atoms with Crippen LogP contribution in [0.15, 0.2) is 83.4 Å². The largest absolute Gasteiger partial charge is 0.456 e. The minimum Gasteiger partial charge on any atom is -0.456 e. The maximum absolute atomic E-state index is 13.9. The number of carbonyl (C=O) groups is 4. The van der Waals surface area contributed by atoms with Gasteiger partial charge in [-0.2, -0.15) is 0 Å². The number of ether oxygens (including phenoxy) is 3. The molecule has 7 atom stereocenters. The Morgan fingerprint density at radius 2 is 1.26 bits per heavy atom. The van der Waals surface area contributed by atoms with Crippen LogP contribution in [0.2, 0.25) is 0 Å². The lowest BCUT2D eigenvalue weighted by atomic mass is 9.79. The highest BCUT2D eigenvalue weighted by Crippen LogP contribution is 2.53. The molecule has 21 heteroatoms. The lowest BCUT2D eigenvalue weighted by Gasteiger charge is -2.46. The van der Waals surface area contributed by atoms with Gasteiger partial charge in [0.2, 0.25) is 5.91 Å². The van der Waals surface area contributed by atoms with Crippen LogP contribution in [0.4, 0.5) is 26.7 Å². The minimum atomic E-state index is -0.990. The number of fused-ring (bicyclic) bond motifs is 1. The van der Waals surface area contributed by atoms with Gasteiger partial charge < -0.3 is 34.0 Å². The third kappa shape index (κ3) is 9.03. The summed E-state index contributed by atoms with van der Waals surface area (Å²) in [5, 5.41) is 43.5. The van der Waals surface area contributed by atoms with E-state index in [1.165, 1.54) is 101 Å². The Morgan fingerprint density at radius 3 is 1.74 bits per heavy atom. The molecule has 0 saturated carbocycles. The first kappa shape index (κ1) is 43.5. The molecule has 3 aromatic carbocycles. The summed E-state index contributed by atoms with van der Waals surface area (Å²) in [6.45, 7) is 3.60. The third-order valence-corrected chi connectivity index (χ3v) is 13.2. The predicted molar refractivity (Wildman–Crippen MR) is 218 cm³/mol. The van der Waals surface area contributed by atoms with Crippen molar-refractivity contribution in [2.24, 2.45) is 17.8 Å². The fraction of sp³-hybridized carbons (Fsp3) is 0.415. The maximum atomic E-state index is 13.9. The monoisotopic (exact) mass is 874 g/mol. The minimum absolute atomic E-state index is 0.0369. The number of rotatable bonds is 14. The number of aliphatic hydroxyl groups excluding tert-OH is 1. The molecule has 4 heterocycles. The van der Waals surface area contributed by atoms with Gasteiger partial charge >= 0.3 is 18.2 Å². The van der Waals surface area contributed by atoms with Crippen molar-refractivity contribution in [3.05, 3.63) is 130 Å². The summed E-state index contributed by atoms with van der Waals surface area (Å²) in [7, 11) is 0. The van der Waals surface area contributed by atoms with Crippen molar-refractivity contribution in [2.45, 2.75) is 69.9 Å². The van der Waals surface area contributed by atoms with E-state index in [1.54, 1.807) is 4.90 Å². The first-order valence-corrected chi connectivity index (χ1v) is 20.6. The topological polar surface area (TPSA) is 255 Å². The van der Waals surface area contributed by atoms with E-state index in [9.17, 15) is 54.6 Å². The molecule has 0 bridgehead atoms. The van der Waals surface area contributed by atoms with Crippen LogP contribution in [-0.4, -0.2) is 102 Å². The number of hydrogen-bond donors (Lipinski definition) is 1. The van der Waals surface area contributed by atoms with Gasteiger partial charge in [0.05, 0.1) is 32.8 Å². The Labute approximate surface area is 357 Å². The smallest absolute Gasteiger partial charge is 0.410 e. The fourth-order valence-electron chi connectivity index (χ4n) is 8.51. The highest BCUT2D eigenvalue weighted by molar-refractivity contribution is 8.03. The molecule has 0 spiro atoms. The molecule has 4 aliphatic heterocycles. The van der Waals surface area contributed by atoms with Crippen molar-refractivity contribution in [2.75, 3.05) is 19.6 Å². The fourth-order valence-corrected chi connectivity index (χ4v) is 10.0. The second-order valence-electron chi connectivity index (χ2n) is 15.6. The van der Waals surface area contributed by atoms with Gasteiger partial charge in [0, 0.05) is 78.1 Å². The number of carbonyl (C=O) groups excluding carboxylic acids is 4. The molecular formula is C41H42N6O14S. The normalized spacial score (nSPS) is 23.4. The molecule has 62 heavy (non-hydrogen) atoms. The van der Waals surface area contributed by atoms with Gasteiger partial charge in [-0.25, -0.2) is 14.4 Å². The standard InChI is InChI=1S/C41H42N6O14S/c1-23-35-34(24(2)48)38(49)44(35)36(39(50)59-20-25-3-9-29(10-4-25)45(53)54)37(23)62-32-17-33(43(19-32)41(52)61-22-27-7-13-31(14-8-27)47(57)58)28-15-16-42(18-28)40(51)60-21-26-5-11-30(12-6-26)46(55)56/h3-14,23-24,28,32-35,48H,15-22H2,1-2H3/t23-,24-,28-,32+,33+,34-,35-/m1/s1. The molecule has 3 fully saturated rings. The molecule has 326 valence electrons. The maximum Gasteiger partial charge on any atom is 0.410 e. The summed E-state index contributed by atoms with van der Waals surface area (Å²) in [6, 6.07) is 15.8. The quantitative estimate of drug-likeness (QED) is 0.0671. The van der Waals surface area contributed by atoms with Gasteiger partial charge in [0.25, 0.3) is 17.1 Å². The second kappa shape index (κ2) is 18.2. The van der Waals surface area contributed by atoms with E-state index < -0.39 is 68.9 Å². The van der Waals surface area contributed by atoms with Crippen LogP contribution in [0.5, 0.6) is 0 Å². The Balaban J connectivity index is 1.09. The average molecular weight is 875 g/mol. The lowest BCUT2D eigenvalue weighted by Crippen LogP contribution is -2.63. The van der Waals surface area contributed by atoms with Crippen LogP contribution in [0.25, 0.3) is 0 Å². The zero-order chi connectivity index (χ0) is 44.4. The van der Waals surface area contributed by atoms with Crippen LogP contribution in [-0.2, 0) is 43.6 Å².